The van der Waals surface area contributed by atoms with Crippen molar-refractivity contribution in [1.82, 2.24) is 4.98 Å². The zero-order valence-corrected chi connectivity index (χ0v) is 4.76. The molecule has 0 fully saturated rings. The maximum absolute atomic E-state index is 6.69. The summed E-state index contributed by atoms with van der Waals surface area (Å²) in [5, 5.41) is 0. The van der Waals surface area contributed by atoms with Crippen LogP contribution in [0.5, 0.6) is 0 Å². The largest absolute Gasteiger partial charge is 0.396 e. The molecule has 2 nitrogen and oxygen atoms in total. The van der Waals surface area contributed by atoms with Crippen LogP contribution in [0.1, 0.15) is 5.69 Å². The molecule has 0 aliphatic carbocycles. The van der Waals surface area contributed by atoms with Gasteiger partial charge in [-0.2, -0.15) is 0 Å². The molecule has 0 spiro atoms. The number of rotatable bonds is 0. The van der Waals surface area contributed by atoms with E-state index in [1.807, 2.05) is 0 Å². The zero-order valence-electron chi connectivity index (χ0n) is 4.76. The Labute approximate surface area is 53.7 Å². The molecule has 43 valence electrons. The minimum atomic E-state index is 0.400. The molecule has 0 amide bonds. The molecule has 0 aliphatic heterocycles. The van der Waals surface area contributed by atoms with Crippen LogP contribution in [-0.2, 0) is 0 Å². The van der Waals surface area contributed by atoms with Gasteiger partial charge in [-0.25, -0.2) is 4.98 Å². The highest BCUT2D eigenvalue weighted by Gasteiger charge is 1.90. The lowest BCUT2D eigenvalue weighted by molar-refractivity contribution is 1.29. The first-order chi connectivity index (χ1) is 4.34. The molecule has 0 aromatic carbocycles. The van der Waals surface area contributed by atoms with E-state index in [0.29, 0.717) is 11.4 Å². The molecular formula is C7H5N2. The van der Waals surface area contributed by atoms with Crippen molar-refractivity contribution < 1.29 is 0 Å². The predicted molar refractivity (Wildman–Crippen MR) is 34.9 cm³/mol. The third kappa shape index (κ3) is 1.000. The average molecular weight is 117 g/mol. The van der Waals surface area contributed by atoms with Crippen molar-refractivity contribution in [2.24, 2.45) is 0 Å². The van der Waals surface area contributed by atoms with E-state index in [-0.39, 0.29) is 0 Å². The summed E-state index contributed by atoms with van der Waals surface area (Å²) in [7, 11) is 0. The van der Waals surface area contributed by atoms with Crippen molar-refractivity contribution >= 4 is 5.69 Å². The number of nitrogen functional groups attached to an aromatic ring is 1. The molecule has 1 aromatic rings. The number of hydrogen-bond donors (Lipinski definition) is 1. The molecule has 0 unspecified atom stereocenters. The SMILES string of the molecule is [C]#Cc1ncccc1N. The number of aromatic nitrogens is 1. The van der Waals surface area contributed by atoms with Gasteiger partial charge >= 0.3 is 0 Å². The summed E-state index contributed by atoms with van der Waals surface area (Å²) >= 11 is 0. The molecule has 1 rings (SSSR count). The Morgan fingerprint density at radius 1 is 1.67 bits per heavy atom. The van der Waals surface area contributed by atoms with Crippen LogP contribution >= 0.6 is 0 Å². The van der Waals surface area contributed by atoms with E-state index < -0.39 is 0 Å². The van der Waals surface area contributed by atoms with Crippen molar-refractivity contribution in [3.63, 3.8) is 0 Å². The summed E-state index contributed by atoms with van der Waals surface area (Å²) in [5.41, 5.74) is 6.28. The molecule has 0 saturated heterocycles. The van der Waals surface area contributed by atoms with Gasteiger partial charge in [-0.1, -0.05) is 0 Å². The lowest BCUT2D eigenvalue weighted by Crippen LogP contribution is -1.91. The average Bonchev–Trinajstić information content (AvgIpc) is 1.89. The number of nitrogens with zero attached hydrogens (tertiary/aromatic N) is 1. The topological polar surface area (TPSA) is 38.9 Å². The second-order valence-corrected chi connectivity index (χ2v) is 1.57. The number of anilines is 1. The van der Waals surface area contributed by atoms with Gasteiger partial charge in [0.05, 0.1) is 5.69 Å². The zero-order chi connectivity index (χ0) is 6.69. The summed E-state index contributed by atoms with van der Waals surface area (Å²) in [6, 6.07) is 3.40. The highest BCUT2D eigenvalue weighted by atomic mass is 14.7. The van der Waals surface area contributed by atoms with Crippen molar-refractivity contribution in [1.29, 1.82) is 0 Å². The van der Waals surface area contributed by atoms with Gasteiger partial charge < -0.3 is 5.73 Å². The third-order valence-corrected chi connectivity index (χ3v) is 0.957. The quantitative estimate of drug-likeness (QED) is 0.505. The summed E-state index contributed by atoms with van der Waals surface area (Å²) < 4.78 is 0. The first kappa shape index (κ1) is 5.64. The summed E-state index contributed by atoms with van der Waals surface area (Å²) in [4.78, 5) is 3.77. The molecule has 1 aromatic heterocycles. The van der Waals surface area contributed by atoms with Crippen molar-refractivity contribution in [2.45, 2.75) is 0 Å². The van der Waals surface area contributed by atoms with Crippen LogP contribution in [-0.4, -0.2) is 4.98 Å². The van der Waals surface area contributed by atoms with Crippen LogP contribution < -0.4 is 5.73 Å². The number of nitrogens with two attached hydrogens (primary N) is 1. The molecule has 2 heteroatoms. The Morgan fingerprint density at radius 3 is 2.89 bits per heavy atom. The van der Waals surface area contributed by atoms with Gasteiger partial charge in [0, 0.05) is 6.20 Å². The predicted octanol–water partition coefficient (Wildman–Crippen LogP) is 0.602. The Bertz CT molecular complexity index is 247. The Hall–Kier alpha value is -1.49. The Morgan fingerprint density at radius 2 is 2.44 bits per heavy atom. The fourth-order valence-electron chi connectivity index (χ4n) is 0.522. The van der Waals surface area contributed by atoms with E-state index >= 15 is 0 Å². The molecule has 9 heavy (non-hydrogen) atoms. The van der Waals surface area contributed by atoms with Crippen molar-refractivity contribution in [2.75, 3.05) is 5.73 Å². The van der Waals surface area contributed by atoms with Crippen LogP contribution in [0.25, 0.3) is 0 Å². The monoisotopic (exact) mass is 117 g/mol. The number of pyridine rings is 1. The van der Waals surface area contributed by atoms with E-state index in [1.54, 1.807) is 18.3 Å². The lowest BCUT2D eigenvalue weighted by Gasteiger charge is -1.91. The second kappa shape index (κ2) is 2.19. The van der Waals surface area contributed by atoms with Crippen LogP contribution in [0.15, 0.2) is 18.3 Å². The van der Waals surface area contributed by atoms with Gasteiger partial charge in [-0.3, -0.25) is 0 Å². The highest BCUT2D eigenvalue weighted by molar-refractivity contribution is 5.49. The summed E-state index contributed by atoms with van der Waals surface area (Å²) in [6.45, 7) is 0. The standard InChI is InChI=1S/C7H5N2/c1-2-7-6(8)4-3-5-9-7/h3-5H,8H2. The fourth-order valence-corrected chi connectivity index (χ4v) is 0.522. The van der Waals surface area contributed by atoms with E-state index in [2.05, 4.69) is 10.9 Å². The smallest absolute Gasteiger partial charge is 0.137 e. The van der Waals surface area contributed by atoms with Crippen LogP contribution in [0.2, 0.25) is 0 Å². The summed E-state index contributed by atoms with van der Waals surface area (Å²) in [6.07, 6.45) is 8.27. The van der Waals surface area contributed by atoms with Gasteiger partial charge in [0.2, 0.25) is 0 Å². The highest BCUT2D eigenvalue weighted by Crippen LogP contribution is 2.03. The lowest BCUT2D eigenvalue weighted by atomic mass is 10.3. The third-order valence-electron chi connectivity index (χ3n) is 0.957. The molecule has 1 heterocycles. The molecular weight excluding hydrogens is 112 g/mol. The molecule has 0 bridgehead atoms. The van der Waals surface area contributed by atoms with Crippen molar-refractivity contribution in [3.8, 4) is 5.92 Å². The maximum atomic E-state index is 6.69. The van der Waals surface area contributed by atoms with Gasteiger partial charge in [0.1, 0.15) is 5.69 Å². The van der Waals surface area contributed by atoms with Gasteiger partial charge in [0.25, 0.3) is 0 Å². The van der Waals surface area contributed by atoms with Crippen LogP contribution in [0.4, 0.5) is 5.69 Å². The fraction of sp³-hybridized carbons (Fsp3) is 0. The van der Waals surface area contributed by atoms with E-state index in [0.717, 1.165) is 0 Å². The maximum Gasteiger partial charge on any atom is 0.137 e. The van der Waals surface area contributed by atoms with Gasteiger partial charge in [-0.05, 0) is 24.5 Å². The van der Waals surface area contributed by atoms with E-state index in [1.165, 1.54) is 0 Å². The molecule has 0 atom stereocenters. The van der Waals surface area contributed by atoms with E-state index in [4.69, 9.17) is 12.2 Å². The summed E-state index contributed by atoms with van der Waals surface area (Å²) in [5.74, 6) is 2.11. The van der Waals surface area contributed by atoms with Crippen LogP contribution in [0.3, 0.4) is 0 Å². The van der Waals surface area contributed by atoms with E-state index in [9.17, 15) is 0 Å². The Kier molecular flexibility index (Phi) is 1.37. The van der Waals surface area contributed by atoms with Gasteiger partial charge in [-0.15, -0.1) is 0 Å². The van der Waals surface area contributed by atoms with Gasteiger partial charge in [0.15, 0.2) is 0 Å². The van der Waals surface area contributed by atoms with Crippen molar-refractivity contribution in [3.05, 3.63) is 30.4 Å². The number of hydrogen-bond acceptors (Lipinski definition) is 2. The normalized spacial score (nSPS) is 8.33. The minimum Gasteiger partial charge on any atom is -0.396 e. The first-order valence-electron chi connectivity index (χ1n) is 2.48. The second-order valence-electron chi connectivity index (χ2n) is 1.57. The molecule has 0 saturated carbocycles. The molecule has 1 radical (unpaired) electrons. The first-order valence-corrected chi connectivity index (χ1v) is 2.48. The Balaban J connectivity index is 3.20. The molecule has 2 N–H and O–H groups in total. The molecule has 0 aliphatic rings. The minimum absolute atomic E-state index is 0.400. The van der Waals surface area contributed by atoms with Crippen LogP contribution in [0, 0.1) is 12.3 Å².